The van der Waals surface area contributed by atoms with Crippen molar-refractivity contribution in [1.29, 1.82) is 0 Å². The van der Waals surface area contributed by atoms with Gasteiger partial charge < -0.3 is 15.0 Å². The number of quaternary nitrogens is 1. The van der Waals surface area contributed by atoms with Crippen molar-refractivity contribution < 1.29 is 14.6 Å². The number of likely N-dealkylation sites (N-methyl/N-ethyl adjacent to an activating group) is 1. The minimum Gasteiger partial charge on any atom is -0.634 e. The monoisotopic (exact) mass is 119 g/mol. The molecule has 1 unspecified atom stereocenters. The Labute approximate surface area is 47.6 Å². The molecule has 0 heterocycles. The third kappa shape index (κ3) is 3.58. The number of methoxy groups -OCH3 is 1. The Balaban J connectivity index is 3.25. The number of hydroxylamine groups is 2. The summed E-state index contributed by atoms with van der Waals surface area (Å²) in [5, 5.41) is 9.94. The van der Waals surface area contributed by atoms with Crippen molar-refractivity contribution >= 4 is 5.97 Å². The minimum atomic E-state index is -0.475. The molecule has 0 spiro atoms. The van der Waals surface area contributed by atoms with Crippen molar-refractivity contribution in [3.05, 3.63) is 5.21 Å². The Morgan fingerprint density at radius 2 is 2.38 bits per heavy atom. The van der Waals surface area contributed by atoms with E-state index in [1.807, 2.05) is 0 Å². The molecule has 0 amide bonds. The number of hydrogen-bond donors (Lipinski definition) is 1. The second kappa shape index (κ2) is 3.40. The van der Waals surface area contributed by atoms with Crippen LogP contribution in [0.4, 0.5) is 0 Å². The molecule has 0 saturated carbocycles. The summed E-state index contributed by atoms with van der Waals surface area (Å²) in [6, 6.07) is 0. The van der Waals surface area contributed by atoms with Gasteiger partial charge in [-0.05, 0) is 0 Å². The first-order valence-corrected chi connectivity index (χ1v) is 2.23. The minimum absolute atomic E-state index is 0.115. The highest BCUT2D eigenvalue weighted by Gasteiger charge is 1.99. The van der Waals surface area contributed by atoms with Gasteiger partial charge in [0.25, 0.3) is 0 Å². The number of esters is 1. The molecule has 0 aliphatic rings. The Morgan fingerprint density at radius 3 is 2.50 bits per heavy atom. The van der Waals surface area contributed by atoms with Crippen LogP contribution in [0.25, 0.3) is 0 Å². The van der Waals surface area contributed by atoms with E-state index < -0.39 is 5.97 Å². The molecule has 1 N–H and O–H groups in total. The Kier molecular flexibility index (Phi) is 3.14. The quantitative estimate of drug-likeness (QED) is 0.343. The van der Waals surface area contributed by atoms with Crippen molar-refractivity contribution in [1.82, 2.24) is 0 Å². The fourth-order valence-corrected chi connectivity index (χ4v) is 0.275. The molecule has 0 aliphatic heterocycles. The van der Waals surface area contributed by atoms with Crippen LogP contribution in [-0.4, -0.2) is 26.7 Å². The summed E-state index contributed by atoms with van der Waals surface area (Å²) in [7, 11) is 2.60. The van der Waals surface area contributed by atoms with Crippen LogP contribution in [-0.2, 0) is 9.53 Å². The van der Waals surface area contributed by atoms with E-state index in [2.05, 4.69) is 4.74 Å². The lowest BCUT2D eigenvalue weighted by molar-refractivity contribution is -0.817. The molecule has 0 aromatic rings. The molecule has 0 fully saturated rings. The molecule has 8 heavy (non-hydrogen) atoms. The van der Waals surface area contributed by atoms with E-state index in [9.17, 15) is 10.0 Å². The number of rotatable bonds is 2. The van der Waals surface area contributed by atoms with Crippen LogP contribution in [0.2, 0.25) is 0 Å². The SMILES string of the molecule is COC(=O)C[NH+](C)[O-]. The highest BCUT2D eigenvalue weighted by atomic mass is 16.5. The third-order valence-corrected chi connectivity index (χ3v) is 0.621. The molecule has 0 bridgehead atoms. The Morgan fingerprint density at radius 1 is 1.88 bits per heavy atom. The van der Waals surface area contributed by atoms with E-state index in [1.165, 1.54) is 14.2 Å². The number of carbonyl (C=O) groups is 1. The van der Waals surface area contributed by atoms with Gasteiger partial charge in [0.1, 0.15) is 0 Å². The van der Waals surface area contributed by atoms with Crippen LogP contribution < -0.4 is 5.06 Å². The zero-order chi connectivity index (χ0) is 6.57. The average molecular weight is 119 g/mol. The van der Waals surface area contributed by atoms with Gasteiger partial charge in [-0.3, -0.25) is 0 Å². The molecule has 0 aromatic heterocycles. The summed E-state index contributed by atoms with van der Waals surface area (Å²) < 4.78 is 4.20. The number of carbonyl (C=O) groups excluding carboxylic acids is 1. The molecule has 1 atom stereocenters. The first-order valence-electron chi connectivity index (χ1n) is 2.23. The van der Waals surface area contributed by atoms with Gasteiger partial charge in [0.05, 0.1) is 14.2 Å². The zero-order valence-corrected chi connectivity index (χ0v) is 4.93. The molecule has 0 rings (SSSR count). The first-order chi connectivity index (χ1) is 3.66. The summed E-state index contributed by atoms with van der Waals surface area (Å²) in [6.07, 6.45) is 0. The van der Waals surface area contributed by atoms with Crippen LogP contribution in [0.1, 0.15) is 0 Å². The second-order valence-corrected chi connectivity index (χ2v) is 1.45. The van der Waals surface area contributed by atoms with Crippen LogP contribution in [0, 0.1) is 5.21 Å². The van der Waals surface area contributed by atoms with Crippen LogP contribution in [0.5, 0.6) is 0 Å². The molecule has 0 radical (unpaired) electrons. The lowest BCUT2D eigenvalue weighted by Gasteiger charge is -2.12. The lowest BCUT2D eigenvalue weighted by Crippen LogP contribution is -3.04. The van der Waals surface area contributed by atoms with Gasteiger partial charge in [-0.25, -0.2) is 4.79 Å². The molecular weight excluding hydrogens is 110 g/mol. The van der Waals surface area contributed by atoms with E-state index in [-0.39, 0.29) is 11.6 Å². The summed E-state index contributed by atoms with van der Waals surface area (Å²) in [6.45, 7) is -0.115. The maximum atomic E-state index is 10.2. The summed E-state index contributed by atoms with van der Waals surface area (Å²) in [5.74, 6) is -0.475. The van der Waals surface area contributed by atoms with Crippen LogP contribution in [0.15, 0.2) is 0 Å². The average Bonchev–Trinajstić information content (AvgIpc) is 1.65. The van der Waals surface area contributed by atoms with E-state index in [4.69, 9.17) is 0 Å². The normalized spacial score (nSPS) is 12.9. The van der Waals surface area contributed by atoms with Gasteiger partial charge in [0.2, 0.25) is 0 Å². The summed E-state index contributed by atoms with van der Waals surface area (Å²) in [5.41, 5.74) is 0. The topological polar surface area (TPSA) is 53.8 Å². The van der Waals surface area contributed by atoms with Gasteiger partial charge >= 0.3 is 5.97 Å². The molecule has 4 nitrogen and oxygen atoms in total. The van der Waals surface area contributed by atoms with Crippen molar-refractivity contribution in [2.75, 3.05) is 20.7 Å². The fourth-order valence-electron chi connectivity index (χ4n) is 0.275. The van der Waals surface area contributed by atoms with Crippen molar-refractivity contribution in [2.24, 2.45) is 0 Å². The van der Waals surface area contributed by atoms with E-state index in [1.54, 1.807) is 0 Å². The molecular formula is C4H9NO3. The van der Waals surface area contributed by atoms with Crippen LogP contribution in [0.3, 0.4) is 0 Å². The van der Waals surface area contributed by atoms with E-state index >= 15 is 0 Å². The van der Waals surface area contributed by atoms with Gasteiger partial charge in [-0.1, -0.05) is 0 Å². The highest BCUT2D eigenvalue weighted by Crippen LogP contribution is 1.61. The third-order valence-electron chi connectivity index (χ3n) is 0.621. The standard InChI is InChI=1S/C4H9NO3/c1-5(7)3-4(6)8-2/h5H,3H2,1-2H3. The molecule has 0 aliphatic carbocycles. The van der Waals surface area contributed by atoms with Crippen molar-refractivity contribution in [3.63, 3.8) is 0 Å². The summed E-state index contributed by atoms with van der Waals surface area (Å²) in [4.78, 5) is 10.2. The Hall–Kier alpha value is -0.610. The number of nitrogens with one attached hydrogen (secondary N) is 1. The van der Waals surface area contributed by atoms with E-state index in [0.29, 0.717) is 0 Å². The second-order valence-electron chi connectivity index (χ2n) is 1.45. The molecule has 48 valence electrons. The smallest absolute Gasteiger partial charge is 0.361 e. The first kappa shape index (κ1) is 7.39. The molecule has 0 aromatic carbocycles. The van der Waals surface area contributed by atoms with Gasteiger partial charge in [0.15, 0.2) is 6.54 Å². The predicted molar refractivity (Wildman–Crippen MR) is 27.1 cm³/mol. The fraction of sp³-hybridized carbons (Fsp3) is 0.750. The largest absolute Gasteiger partial charge is 0.634 e. The lowest BCUT2D eigenvalue weighted by atomic mass is 10.7. The summed E-state index contributed by atoms with van der Waals surface area (Å²) >= 11 is 0. The zero-order valence-electron chi connectivity index (χ0n) is 4.93. The van der Waals surface area contributed by atoms with Gasteiger partial charge in [-0.2, -0.15) is 0 Å². The van der Waals surface area contributed by atoms with Crippen LogP contribution >= 0.6 is 0 Å². The molecule has 0 saturated heterocycles. The Bertz CT molecular complexity index is 81.4. The van der Waals surface area contributed by atoms with Gasteiger partial charge in [0, 0.05) is 0 Å². The number of hydrogen-bond acceptors (Lipinski definition) is 3. The predicted octanol–water partition coefficient (Wildman–Crippen LogP) is -1.83. The maximum Gasteiger partial charge on any atom is 0.361 e. The maximum absolute atomic E-state index is 10.2. The van der Waals surface area contributed by atoms with Crippen molar-refractivity contribution in [2.45, 2.75) is 0 Å². The highest BCUT2D eigenvalue weighted by molar-refractivity contribution is 5.70. The number of ether oxygens (including phenoxy) is 1. The van der Waals surface area contributed by atoms with Gasteiger partial charge in [-0.15, -0.1) is 0 Å². The van der Waals surface area contributed by atoms with E-state index in [0.717, 1.165) is 0 Å². The molecule has 4 heteroatoms. The van der Waals surface area contributed by atoms with Crippen molar-refractivity contribution in [3.8, 4) is 0 Å².